The van der Waals surface area contributed by atoms with Gasteiger partial charge in [-0.1, -0.05) is 60.7 Å². The van der Waals surface area contributed by atoms with Crippen LogP contribution in [0.3, 0.4) is 0 Å². The number of quaternary nitrogens is 1. The summed E-state index contributed by atoms with van der Waals surface area (Å²) in [6.07, 6.45) is 0.572. The maximum atomic E-state index is 11.3. The SMILES string of the molecule is CC(=O)O[C@@H]1CC[C@@H]([NH+](Cc2ccccc2)Cc2ccccc2)[C@H]1O.F[B-](F)(F)F. The molecule has 0 spiro atoms. The molecule has 164 valence electrons. The van der Waals surface area contributed by atoms with Crippen molar-refractivity contribution in [2.45, 2.75) is 51.1 Å². The first-order valence-corrected chi connectivity index (χ1v) is 9.78. The van der Waals surface area contributed by atoms with Crippen molar-refractivity contribution in [3.8, 4) is 0 Å². The van der Waals surface area contributed by atoms with Crippen molar-refractivity contribution in [2.75, 3.05) is 0 Å². The third kappa shape index (κ3) is 8.55. The van der Waals surface area contributed by atoms with Gasteiger partial charge in [0.1, 0.15) is 31.3 Å². The van der Waals surface area contributed by atoms with Gasteiger partial charge in [0.2, 0.25) is 0 Å². The molecule has 4 nitrogen and oxygen atoms in total. The number of halogens is 4. The first-order chi connectivity index (χ1) is 14.1. The van der Waals surface area contributed by atoms with E-state index in [1.54, 1.807) is 0 Å². The van der Waals surface area contributed by atoms with Crippen LogP contribution in [0.5, 0.6) is 0 Å². The van der Waals surface area contributed by atoms with E-state index in [4.69, 9.17) is 4.74 Å². The number of hydrogen-bond donors (Lipinski definition) is 2. The number of hydrogen-bond acceptors (Lipinski definition) is 3. The van der Waals surface area contributed by atoms with E-state index in [1.807, 2.05) is 36.4 Å². The van der Waals surface area contributed by atoms with Crippen molar-refractivity contribution >= 4 is 13.2 Å². The molecule has 1 fully saturated rings. The van der Waals surface area contributed by atoms with E-state index in [-0.39, 0.29) is 18.1 Å². The van der Waals surface area contributed by atoms with Gasteiger partial charge >= 0.3 is 13.2 Å². The van der Waals surface area contributed by atoms with Gasteiger partial charge in [-0.2, -0.15) is 0 Å². The second-order valence-corrected chi connectivity index (χ2v) is 7.30. The molecule has 0 bridgehead atoms. The number of rotatable bonds is 6. The van der Waals surface area contributed by atoms with E-state index in [0.29, 0.717) is 0 Å². The Balaban J connectivity index is 0.000000575. The third-order valence-corrected chi connectivity index (χ3v) is 4.95. The fourth-order valence-corrected chi connectivity index (χ4v) is 3.77. The van der Waals surface area contributed by atoms with Crippen LogP contribution in [0.25, 0.3) is 0 Å². The minimum atomic E-state index is -6.00. The predicted octanol–water partition coefficient (Wildman–Crippen LogP) is 3.03. The molecule has 0 aliphatic heterocycles. The van der Waals surface area contributed by atoms with Crippen LogP contribution in [-0.2, 0) is 22.6 Å². The quantitative estimate of drug-likeness (QED) is 0.424. The van der Waals surface area contributed by atoms with Crippen molar-refractivity contribution in [3.63, 3.8) is 0 Å². The number of esters is 1. The topological polar surface area (TPSA) is 51.0 Å². The number of aliphatic hydroxyl groups excluding tert-OH is 1. The lowest BCUT2D eigenvalue weighted by Crippen LogP contribution is -3.14. The molecule has 3 atom stereocenters. The van der Waals surface area contributed by atoms with Crippen LogP contribution in [0.2, 0.25) is 0 Å². The fourth-order valence-electron chi connectivity index (χ4n) is 3.77. The molecule has 2 aromatic rings. The molecule has 9 heteroatoms. The molecule has 0 aromatic heterocycles. The average Bonchev–Trinajstić information content (AvgIpc) is 3.01. The van der Waals surface area contributed by atoms with E-state index in [2.05, 4.69) is 24.3 Å². The van der Waals surface area contributed by atoms with E-state index in [0.717, 1.165) is 25.9 Å². The normalized spacial score (nSPS) is 21.1. The minimum Gasteiger partial charge on any atom is -0.460 e. The molecule has 2 aromatic carbocycles. The lowest BCUT2D eigenvalue weighted by atomic mass is 10.1. The molecule has 0 saturated heterocycles. The number of carbonyl (C=O) groups is 1. The van der Waals surface area contributed by atoms with Gasteiger partial charge in [-0.05, 0) is 6.42 Å². The van der Waals surface area contributed by atoms with Crippen LogP contribution < -0.4 is 4.90 Å². The van der Waals surface area contributed by atoms with Crippen molar-refractivity contribution in [3.05, 3.63) is 71.8 Å². The van der Waals surface area contributed by atoms with Crippen molar-refractivity contribution in [2.24, 2.45) is 0 Å². The Hall–Kier alpha value is -2.39. The standard InChI is InChI=1S/C21H25NO3.BF4/c1-16(23)25-20-13-12-19(21(20)24)22(14-17-8-4-2-5-9-17)15-18-10-6-3-7-11-18;2-1(3,4)5/h2-11,19-21,24H,12-15H2,1H3;/q;-1/p+1/t19-,20-,21-;/m1./s1. The number of aliphatic hydroxyl groups is 1. The number of ether oxygens (including phenoxy) is 1. The van der Waals surface area contributed by atoms with Crippen molar-refractivity contribution in [1.29, 1.82) is 0 Å². The van der Waals surface area contributed by atoms with E-state index in [9.17, 15) is 27.2 Å². The van der Waals surface area contributed by atoms with E-state index >= 15 is 0 Å². The highest BCUT2D eigenvalue weighted by atomic mass is 19.5. The van der Waals surface area contributed by atoms with Crippen LogP contribution in [-0.4, -0.2) is 36.6 Å². The van der Waals surface area contributed by atoms with Gasteiger partial charge in [-0.25, -0.2) is 0 Å². The molecule has 0 unspecified atom stereocenters. The molecule has 0 radical (unpaired) electrons. The number of carbonyl (C=O) groups excluding carboxylic acids is 1. The molecular formula is C21H26BF4NO3. The molecule has 1 saturated carbocycles. The summed E-state index contributed by atoms with van der Waals surface area (Å²) in [6, 6.07) is 20.7. The maximum Gasteiger partial charge on any atom is 0.673 e. The van der Waals surface area contributed by atoms with Crippen LogP contribution in [0.4, 0.5) is 17.3 Å². The summed E-state index contributed by atoms with van der Waals surface area (Å²) >= 11 is 0. The highest BCUT2D eigenvalue weighted by molar-refractivity contribution is 6.50. The van der Waals surface area contributed by atoms with Gasteiger partial charge in [0.05, 0.1) is 0 Å². The Labute approximate surface area is 173 Å². The zero-order valence-corrected chi connectivity index (χ0v) is 16.7. The summed E-state index contributed by atoms with van der Waals surface area (Å²) in [5.41, 5.74) is 2.49. The molecule has 2 N–H and O–H groups in total. The van der Waals surface area contributed by atoms with Crippen molar-refractivity contribution in [1.82, 2.24) is 0 Å². The summed E-state index contributed by atoms with van der Waals surface area (Å²) in [5.74, 6) is -0.322. The lowest BCUT2D eigenvalue weighted by molar-refractivity contribution is -0.954. The first kappa shape index (κ1) is 23.9. The molecular weight excluding hydrogens is 401 g/mol. The van der Waals surface area contributed by atoms with Gasteiger partial charge in [-0.3, -0.25) is 4.79 Å². The van der Waals surface area contributed by atoms with Crippen LogP contribution in [0.1, 0.15) is 30.9 Å². The monoisotopic (exact) mass is 427 g/mol. The Kier molecular flexibility index (Phi) is 8.86. The second kappa shape index (κ2) is 11.1. The molecule has 0 heterocycles. The summed E-state index contributed by atoms with van der Waals surface area (Å²) in [4.78, 5) is 12.6. The predicted molar refractivity (Wildman–Crippen MR) is 106 cm³/mol. The fraction of sp³-hybridized carbons (Fsp3) is 0.381. The summed E-state index contributed by atoms with van der Waals surface area (Å²) in [7, 11) is -6.00. The van der Waals surface area contributed by atoms with Crippen LogP contribution in [0.15, 0.2) is 60.7 Å². The summed E-state index contributed by atoms with van der Waals surface area (Å²) < 4.78 is 44.3. The lowest BCUT2D eigenvalue weighted by Gasteiger charge is -2.29. The highest BCUT2D eigenvalue weighted by Gasteiger charge is 2.43. The Morgan fingerprint density at radius 1 is 0.967 bits per heavy atom. The van der Waals surface area contributed by atoms with E-state index < -0.39 is 13.4 Å². The molecule has 1 aliphatic carbocycles. The molecule has 3 rings (SSSR count). The molecule has 0 amide bonds. The van der Waals surface area contributed by atoms with Gasteiger partial charge in [0.25, 0.3) is 0 Å². The minimum absolute atomic E-state index is 0.0600. The Morgan fingerprint density at radius 2 is 1.40 bits per heavy atom. The summed E-state index contributed by atoms with van der Waals surface area (Å²) in [5, 5.41) is 10.7. The highest BCUT2D eigenvalue weighted by Crippen LogP contribution is 2.22. The van der Waals surface area contributed by atoms with Gasteiger partial charge in [-0.15, -0.1) is 0 Å². The first-order valence-electron chi connectivity index (χ1n) is 9.78. The zero-order chi connectivity index (χ0) is 22.1. The average molecular weight is 427 g/mol. The smallest absolute Gasteiger partial charge is 0.460 e. The van der Waals surface area contributed by atoms with E-state index in [1.165, 1.54) is 23.0 Å². The Morgan fingerprint density at radius 3 is 1.80 bits per heavy atom. The second-order valence-electron chi connectivity index (χ2n) is 7.30. The summed E-state index contributed by atoms with van der Waals surface area (Å²) in [6.45, 7) is 3.08. The number of benzene rings is 2. The zero-order valence-electron chi connectivity index (χ0n) is 16.7. The number of nitrogens with one attached hydrogen (secondary N) is 1. The Bertz CT molecular complexity index is 729. The largest absolute Gasteiger partial charge is 0.673 e. The van der Waals surface area contributed by atoms with Crippen LogP contribution in [0, 0.1) is 0 Å². The third-order valence-electron chi connectivity index (χ3n) is 4.95. The van der Waals surface area contributed by atoms with Gasteiger partial charge in [0.15, 0.2) is 0 Å². The van der Waals surface area contributed by atoms with Gasteiger partial charge in [0, 0.05) is 24.5 Å². The maximum absolute atomic E-state index is 11.3. The van der Waals surface area contributed by atoms with Gasteiger partial charge < -0.3 is 32.0 Å². The molecule has 1 aliphatic rings. The van der Waals surface area contributed by atoms with Crippen molar-refractivity contribution < 1.29 is 36.8 Å². The molecule has 30 heavy (non-hydrogen) atoms. The van der Waals surface area contributed by atoms with Crippen LogP contribution >= 0.6 is 0 Å².